The van der Waals surface area contributed by atoms with Crippen LogP contribution in [0.2, 0.25) is 0 Å². The van der Waals surface area contributed by atoms with E-state index in [1.54, 1.807) is 0 Å². The smallest absolute Gasteiger partial charge is 0.305 e. The van der Waals surface area contributed by atoms with Crippen molar-refractivity contribution >= 4 is 11.9 Å². The lowest BCUT2D eigenvalue weighted by molar-refractivity contribution is -0.138. The van der Waals surface area contributed by atoms with Gasteiger partial charge in [-0.25, -0.2) is 0 Å². The molecule has 0 atom stereocenters. The molecule has 0 aromatic rings. The lowest BCUT2D eigenvalue weighted by Gasteiger charge is -2.18. The molecule has 0 aromatic carbocycles. The monoisotopic (exact) mass is 175 g/mol. The second-order valence-corrected chi connectivity index (χ2v) is 2.37. The van der Waals surface area contributed by atoms with Gasteiger partial charge in [0.25, 0.3) is 0 Å². The zero-order chi connectivity index (χ0) is 9.56. The van der Waals surface area contributed by atoms with Crippen molar-refractivity contribution in [3.8, 4) is 0 Å². The summed E-state index contributed by atoms with van der Waals surface area (Å²) < 4.78 is 0. The van der Waals surface area contributed by atoms with Gasteiger partial charge in [-0.1, -0.05) is 0 Å². The second-order valence-electron chi connectivity index (χ2n) is 2.37. The van der Waals surface area contributed by atoms with E-state index in [2.05, 4.69) is 0 Å². The highest BCUT2D eigenvalue weighted by molar-refractivity contribution is 5.74. The molecule has 1 amide bonds. The van der Waals surface area contributed by atoms with Crippen LogP contribution >= 0.6 is 0 Å². The molecule has 0 saturated heterocycles. The highest BCUT2D eigenvalue weighted by atomic mass is 16.4. The zero-order valence-corrected chi connectivity index (χ0v) is 6.99. The first-order chi connectivity index (χ1) is 5.57. The Labute approximate surface area is 70.6 Å². The van der Waals surface area contributed by atoms with Gasteiger partial charge in [-0.05, 0) is 0 Å². The third kappa shape index (κ3) is 4.68. The zero-order valence-electron chi connectivity index (χ0n) is 6.99. The average Bonchev–Trinajstić information content (AvgIpc) is 1.96. The molecule has 5 heteroatoms. The van der Waals surface area contributed by atoms with Crippen molar-refractivity contribution in [3.63, 3.8) is 0 Å². The molecule has 0 unspecified atom stereocenters. The number of rotatable bonds is 5. The van der Waals surface area contributed by atoms with E-state index in [0.717, 1.165) is 0 Å². The third-order valence-electron chi connectivity index (χ3n) is 1.41. The fraction of sp³-hybridized carbons (Fsp3) is 0.714. The predicted octanol–water partition coefficient (Wildman–Crippen LogP) is -0.698. The number of carboxylic acids is 1. The van der Waals surface area contributed by atoms with Crippen molar-refractivity contribution in [3.05, 3.63) is 0 Å². The van der Waals surface area contributed by atoms with Gasteiger partial charge < -0.3 is 15.1 Å². The summed E-state index contributed by atoms with van der Waals surface area (Å²) in [4.78, 5) is 22.2. The maximum atomic E-state index is 10.8. The Morgan fingerprint density at radius 1 is 1.33 bits per heavy atom. The average molecular weight is 175 g/mol. The molecule has 5 nitrogen and oxygen atoms in total. The molecule has 70 valence electrons. The SMILES string of the molecule is CC(=O)N(CCO)CCC(=O)O. The van der Waals surface area contributed by atoms with Gasteiger partial charge in [-0.15, -0.1) is 0 Å². The molecule has 0 saturated carbocycles. The second kappa shape index (κ2) is 5.54. The number of hydrogen-bond donors (Lipinski definition) is 2. The van der Waals surface area contributed by atoms with Crippen LogP contribution in [-0.4, -0.2) is 46.7 Å². The van der Waals surface area contributed by atoms with Gasteiger partial charge in [0, 0.05) is 20.0 Å². The summed E-state index contributed by atoms with van der Waals surface area (Å²) >= 11 is 0. The Morgan fingerprint density at radius 2 is 1.92 bits per heavy atom. The number of carboxylic acid groups (broad SMARTS) is 1. The summed E-state index contributed by atoms with van der Waals surface area (Å²) in [7, 11) is 0. The standard InChI is InChI=1S/C7H13NO4/c1-6(10)8(4-5-9)3-2-7(11)12/h9H,2-5H2,1H3,(H,11,12). The van der Waals surface area contributed by atoms with E-state index in [-0.39, 0.29) is 32.0 Å². The van der Waals surface area contributed by atoms with Gasteiger partial charge >= 0.3 is 5.97 Å². The van der Waals surface area contributed by atoms with Gasteiger partial charge in [0.1, 0.15) is 0 Å². The first-order valence-corrected chi connectivity index (χ1v) is 3.66. The number of nitrogens with zero attached hydrogens (tertiary/aromatic N) is 1. The molecular weight excluding hydrogens is 162 g/mol. The van der Waals surface area contributed by atoms with Gasteiger partial charge in [-0.2, -0.15) is 0 Å². The number of aliphatic hydroxyl groups is 1. The van der Waals surface area contributed by atoms with E-state index in [4.69, 9.17) is 10.2 Å². The topological polar surface area (TPSA) is 77.8 Å². The molecule has 0 rings (SSSR count). The molecule has 0 aliphatic carbocycles. The van der Waals surface area contributed by atoms with Crippen LogP contribution in [0.3, 0.4) is 0 Å². The first kappa shape index (κ1) is 10.9. The number of carbonyl (C=O) groups is 2. The number of aliphatic hydroxyl groups excluding tert-OH is 1. The number of aliphatic carboxylic acids is 1. The minimum absolute atomic E-state index is 0.0837. The lowest BCUT2D eigenvalue weighted by atomic mass is 10.3. The Hall–Kier alpha value is -1.10. The largest absolute Gasteiger partial charge is 0.481 e. The van der Waals surface area contributed by atoms with Crippen molar-refractivity contribution in [2.24, 2.45) is 0 Å². The van der Waals surface area contributed by atoms with Gasteiger partial charge in [0.15, 0.2) is 0 Å². The fourth-order valence-corrected chi connectivity index (χ4v) is 0.778. The van der Waals surface area contributed by atoms with Gasteiger partial charge in [-0.3, -0.25) is 9.59 Å². The minimum Gasteiger partial charge on any atom is -0.481 e. The van der Waals surface area contributed by atoms with E-state index in [9.17, 15) is 9.59 Å². The Bertz CT molecular complexity index is 169. The maximum Gasteiger partial charge on any atom is 0.305 e. The summed E-state index contributed by atoms with van der Waals surface area (Å²) in [6.07, 6.45) is -0.0837. The molecule has 0 aliphatic rings. The van der Waals surface area contributed by atoms with Crippen LogP contribution in [0.15, 0.2) is 0 Å². The summed E-state index contributed by atoms with van der Waals surface area (Å²) in [5, 5.41) is 16.8. The van der Waals surface area contributed by atoms with Gasteiger partial charge in [0.2, 0.25) is 5.91 Å². The van der Waals surface area contributed by atoms with Crippen LogP contribution in [-0.2, 0) is 9.59 Å². The minimum atomic E-state index is -0.945. The number of hydrogen-bond acceptors (Lipinski definition) is 3. The van der Waals surface area contributed by atoms with E-state index in [1.165, 1.54) is 11.8 Å². The van der Waals surface area contributed by atoms with Crippen LogP contribution in [0, 0.1) is 0 Å². The highest BCUT2D eigenvalue weighted by Gasteiger charge is 2.08. The normalized spacial score (nSPS) is 9.50. The maximum absolute atomic E-state index is 10.8. The molecule has 0 fully saturated rings. The van der Waals surface area contributed by atoms with Crippen molar-refractivity contribution in [1.82, 2.24) is 4.90 Å². The molecule has 0 heterocycles. The molecule has 2 N–H and O–H groups in total. The molecule has 12 heavy (non-hydrogen) atoms. The van der Waals surface area contributed by atoms with Crippen molar-refractivity contribution in [1.29, 1.82) is 0 Å². The van der Waals surface area contributed by atoms with Gasteiger partial charge in [0.05, 0.1) is 13.0 Å². The van der Waals surface area contributed by atoms with Crippen LogP contribution in [0.5, 0.6) is 0 Å². The Morgan fingerprint density at radius 3 is 2.25 bits per heavy atom. The Balaban J connectivity index is 3.79. The molecule has 0 radical (unpaired) electrons. The predicted molar refractivity (Wildman–Crippen MR) is 41.6 cm³/mol. The van der Waals surface area contributed by atoms with Crippen molar-refractivity contribution < 1.29 is 19.8 Å². The number of carbonyl (C=O) groups excluding carboxylic acids is 1. The number of amides is 1. The van der Waals surface area contributed by atoms with Crippen molar-refractivity contribution in [2.75, 3.05) is 19.7 Å². The summed E-state index contributed by atoms with van der Waals surface area (Å²) in [6.45, 7) is 1.56. The van der Waals surface area contributed by atoms with E-state index in [0.29, 0.717) is 0 Å². The Kier molecular flexibility index (Phi) is 5.03. The molecular formula is C7H13NO4. The summed E-state index contributed by atoms with van der Waals surface area (Å²) in [5.74, 6) is -1.16. The van der Waals surface area contributed by atoms with E-state index < -0.39 is 5.97 Å². The third-order valence-corrected chi connectivity index (χ3v) is 1.41. The molecule has 0 bridgehead atoms. The van der Waals surface area contributed by atoms with E-state index >= 15 is 0 Å². The fourth-order valence-electron chi connectivity index (χ4n) is 0.778. The summed E-state index contributed by atoms with van der Waals surface area (Å²) in [6, 6.07) is 0. The van der Waals surface area contributed by atoms with Crippen molar-refractivity contribution in [2.45, 2.75) is 13.3 Å². The van der Waals surface area contributed by atoms with Crippen LogP contribution in [0.4, 0.5) is 0 Å². The quantitative estimate of drug-likeness (QED) is 0.579. The van der Waals surface area contributed by atoms with Crippen LogP contribution < -0.4 is 0 Å². The van der Waals surface area contributed by atoms with E-state index in [1.807, 2.05) is 0 Å². The molecule has 0 spiro atoms. The lowest BCUT2D eigenvalue weighted by Crippen LogP contribution is -2.33. The summed E-state index contributed by atoms with van der Waals surface area (Å²) in [5.41, 5.74) is 0. The molecule has 0 aliphatic heterocycles. The highest BCUT2D eigenvalue weighted by Crippen LogP contribution is 1.91. The first-order valence-electron chi connectivity index (χ1n) is 3.66. The van der Waals surface area contributed by atoms with Crippen LogP contribution in [0.1, 0.15) is 13.3 Å². The van der Waals surface area contributed by atoms with Crippen LogP contribution in [0.25, 0.3) is 0 Å². The molecule has 0 aromatic heterocycles.